The highest BCUT2D eigenvalue weighted by molar-refractivity contribution is 6.30. The molecule has 4 nitrogen and oxygen atoms in total. The fourth-order valence-electron chi connectivity index (χ4n) is 2.06. The molecule has 2 aromatic carbocycles. The molecule has 0 aliphatic carbocycles. The maximum absolute atomic E-state index is 12.0. The van der Waals surface area contributed by atoms with Crippen molar-refractivity contribution in [3.05, 3.63) is 59.1 Å². The van der Waals surface area contributed by atoms with Gasteiger partial charge in [-0.05, 0) is 36.2 Å². The van der Waals surface area contributed by atoms with E-state index >= 15 is 0 Å². The molecule has 0 atom stereocenters. The van der Waals surface area contributed by atoms with Gasteiger partial charge in [-0.1, -0.05) is 42.8 Å². The molecule has 5 heteroatoms. The van der Waals surface area contributed by atoms with Crippen molar-refractivity contribution in [2.24, 2.45) is 0 Å². The molecule has 0 saturated heterocycles. The lowest BCUT2D eigenvalue weighted by Crippen LogP contribution is -2.21. The van der Waals surface area contributed by atoms with Crippen LogP contribution in [0.1, 0.15) is 18.9 Å². The van der Waals surface area contributed by atoms with Crippen LogP contribution in [0, 0.1) is 0 Å². The summed E-state index contributed by atoms with van der Waals surface area (Å²) in [5.74, 6) is -0.728. The van der Waals surface area contributed by atoms with Crippen LogP contribution in [0.2, 0.25) is 5.02 Å². The zero-order valence-electron chi connectivity index (χ0n) is 12.2. The Morgan fingerprint density at radius 1 is 1.00 bits per heavy atom. The van der Waals surface area contributed by atoms with Crippen molar-refractivity contribution < 1.29 is 9.59 Å². The molecule has 0 radical (unpaired) electrons. The summed E-state index contributed by atoms with van der Waals surface area (Å²) in [4.78, 5) is 23.8. The number of aryl methyl sites for hydroxylation is 1. The summed E-state index contributed by atoms with van der Waals surface area (Å²) in [5, 5.41) is 5.93. The Morgan fingerprint density at radius 3 is 2.45 bits per heavy atom. The fourth-order valence-corrected chi connectivity index (χ4v) is 2.25. The summed E-state index contributed by atoms with van der Waals surface area (Å²) >= 11 is 5.84. The average molecular weight is 317 g/mol. The van der Waals surface area contributed by atoms with Crippen molar-refractivity contribution in [2.45, 2.75) is 19.8 Å². The van der Waals surface area contributed by atoms with Gasteiger partial charge >= 0.3 is 0 Å². The number of carbonyl (C=O) groups excluding carboxylic acids is 2. The summed E-state index contributed by atoms with van der Waals surface area (Å²) in [6.07, 6.45) is 0.565. The lowest BCUT2D eigenvalue weighted by molar-refractivity contribution is -0.123. The van der Waals surface area contributed by atoms with Crippen LogP contribution < -0.4 is 10.6 Å². The molecule has 0 bridgehead atoms. The van der Waals surface area contributed by atoms with Crippen LogP contribution >= 0.6 is 11.6 Å². The molecule has 2 amide bonds. The molecule has 0 aromatic heterocycles. The van der Waals surface area contributed by atoms with Gasteiger partial charge in [-0.2, -0.15) is 0 Å². The molecular formula is C17H17ClN2O2. The Kier molecular flexibility index (Phi) is 5.55. The summed E-state index contributed by atoms with van der Waals surface area (Å²) in [6.45, 7) is 2.01. The Bertz CT molecular complexity index is 686. The van der Waals surface area contributed by atoms with E-state index in [1.54, 1.807) is 24.3 Å². The Hall–Kier alpha value is -2.33. The molecule has 22 heavy (non-hydrogen) atoms. The van der Waals surface area contributed by atoms with Crippen LogP contribution in [0.15, 0.2) is 48.5 Å². The summed E-state index contributed by atoms with van der Waals surface area (Å²) < 4.78 is 0. The van der Waals surface area contributed by atoms with Crippen molar-refractivity contribution in [2.75, 3.05) is 10.6 Å². The highest BCUT2D eigenvalue weighted by Gasteiger charge is 2.11. The van der Waals surface area contributed by atoms with Crippen LogP contribution in [-0.4, -0.2) is 11.8 Å². The maximum atomic E-state index is 12.0. The quantitative estimate of drug-likeness (QED) is 0.823. The molecule has 0 saturated carbocycles. The molecule has 2 aromatic rings. The van der Waals surface area contributed by atoms with Gasteiger partial charge in [0.2, 0.25) is 11.8 Å². The summed E-state index contributed by atoms with van der Waals surface area (Å²) in [7, 11) is 0. The number of anilines is 2. The van der Waals surface area contributed by atoms with E-state index in [-0.39, 0.29) is 18.2 Å². The summed E-state index contributed by atoms with van der Waals surface area (Å²) in [5.41, 5.74) is 2.34. The Labute approximate surface area is 134 Å². The number of para-hydroxylation sites is 1. The molecule has 0 aliphatic rings. The van der Waals surface area contributed by atoms with E-state index in [1.165, 1.54) is 0 Å². The second kappa shape index (κ2) is 7.61. The Balaban J connectivity index is 1.93. The fraction of sp³-hybridized carbons (Fsp3) is 0.176. The van der Waals surface area contributed by atoms with Gasteiger partial charge in [0.25, 0.3) is 0 Å². The highest BCUT2D eigenvalue weighted by atomic mass is 35.5. The van der Waals surface area contributed by atoms with Gasteiger partial charge in [0, 0.05) is 16.4 Å². The van der Waals surface area contributed by atoms with Crippen molar-refractivity contribution in [1.82, 2.24) is 0 Å². The predicted molar refractivity (Wildman–Crippen MR) is 89.1 cm³/mol. The van der Waals surface area contributed by atoms with E-state index in [1.807, 2.05) is 31.2 Å². The van der Waals surface area contributed by atoms with Gasteiger partial charge in [0.05, 0.1) is 0 Å². The number of carbonyl (C=O) groups is 2. The lowest BCUT2D eigenvalue weighted by atomic mass is 10.1. The average Bonchev–Trinajstić information content (AvgIpc) is 2.47. The third kappa shape index (κ3) is 4.60. The van der Waals surface area contributed by atoms with Crippen molar-refractivity contribution >= 4 is 34.8 Å². The first-order chi connectivity index (χ1) is 10.6. The standard InChI is InChI=1S/C17H17ClN2O2/c1-2-12-6-3-4-9-15(12)20-17(22)11-16(21)19-14-8-5-7-13(18)10-14/h3-10H,2,11H2,1H3,(H,19,21)(H,20,22). The predicted octanol–water partition coefficient (Wildman–Crippen LogP) is 3.87. The Morgan fingerprint density at radius 2 is 1.73 bits per heavy atom. The number of benzene rings is 2. The second-order valence-electron chi connectivity index (χ2n) is 4.79. The largest absolute Gasteiger partial charge is 0.326 e. The number of rotatable bonds is 5. The minimum Gasteiger partial charge on any atom is -0.326 e. The molecule has 2 N–H and O–H groups in total. The molecule has 2 rings (SSSR count). The minimum absolute atomic E-state index is 0.245. The molecule has 114 valence electrons. The van der Waals surface area contributed by atoms with Crippen LogP contribution in [0.3, 0.4) is 0 Å². The van der Waals surface area contributed by atoms with Gasteiger partial charge in [0.1, 0.15) is 6.42 Å². The number of hydrogen-bond donors (Lipinski definition) is 2. The first-order valence-corrected chi connectivity index (χ1v) is 7.39. The van der Waals surface area contributed by atoms with Crippen LogP contribution in [0.5, 0.6) is 0 Å². The molecule has 0 heterocycles. The highest BCUT2D eigenvalue weighted by Crippen LogP contribution is 2.17. The zero-order valence-corrected chi connectivity index (χ0v) is 13.0. The molecule has 0 spiro atoms. The third-order valence-corrected chi connectivity index (χ3v) is 3.34. The van der Waals surface area contributed by atoms with Gasteiger partial charge in [-0.25, -0.2) is 0 Å². The molecule has 0 fully saturated rings. The maximum Gasteiger partial charge on any atom is 0.233 e. The minimum atomic E-state index is -0.381. The van der Waals surface area contributed by atoms with Crippen molar-refractivity contribution in [3.8, 4) is 0 Å². The number of hydrogen-bond acceptors (Lipinski definition) is 2. The molecule has 0 unspecified atom stereocenters. The normalized spacial score (nSPS) is 10.1. The number of nitrogens with one attached hydrogen (secondary N) is 2. The first kappa shape index (κ1) is 16.0. The van der Waals surface area contributed by atoms with Crippen molar-refractivity contribution in [3.63, 3.8) is 0 Å². The second-order valence-corrected chi connectivity index (χ2v) is 5.23. The number of amides is 2. The van der Waals surface area contributed by atoms with Gasteiger partial charge < -0.3 is 10.6 Å². The van der Waals surface area contributed by atoms with Crippen LogP contribution in [0.25, 0.3) is 0 Å². The summed E-state index contributed by atoms with van der Waals surface area (Å²) in [6, 6.07) is 14.3. The number of halogens is 1. The van der Waals surface area contributed by atoms with Crippen LogP contribution in [-0.2, 0) is 16.0 Å². The zero-order chi connectivity index (χ0) is 15.9. The van der Waals surface area contributed by atoms with E-state index in [9.17, 15) is 9.59 Å². The van der Waals surface area contributed by atoms with E-state index in [0.29, 0.717) is 10.7 Å². The molecule has 0 aliphatic heterocycles. The SMILES string of the molecule is CCc1ccccc1NC(=O)CC(=O)Nc1cccc(Cl)c1. The van der Waals surface area contributed by atoms with Gasteiger partial charge in [-0.15, -0.1) is 0 Å². The monoisotopic (exact) mass is 316 g/mol. The van der Waals surface area contributed by atoms with Gasteiger partial charge in [-0.3, -0.25) is 9.59 Å². The van der Waals surface area contributed by atoms with E-state index < -0.39 is 0 Å². The smallest absolute Gasteiger partial charge is 0.233 e. The topological polar surface area (TPSA) is 58.2 Å². The van der Waals surface area contributed by atoms with E-state index in [0.717, 1.165) is 17.7 Å². The van der Waals surface area contributed by atoms with Crippen LogP contribution in [0.4, 0.5) is 11.4 Å². The van der Waals surface area contributed by atoms with E-state index in [2.05, 4.69) is 10.6 Å². The third-order valence-electron chi connectivity index (χ3n) is 3.10. The van der Waals surface area contributed by atoms with E-state index in [4.69, 9.17) is 11.6 Å². The van der Waals surface area contributed by atoms with Crippen molar-refractivity contribution in [1.29, 1.82) is 0 Å². The van der Waals surface area contributed by atoms with Gasteiger partial charge in [0.15, 0.2) is 0 Å². The first-order valence-electron chi connectivity index (χ1n) is 7.01. The molecular weight excluding hydrogens is 300 g/mol. The lowest BCUT2D eigenvalue weighted by Gasteiger charge is -2.10.